The highest BCUT2D eigenvalue weighted by Crippen LogP contribution is 2.34. The fraction of sp³-hybridized carbons (Fsp3) is 0.625. The highest BCUT2D eigenvalue weighted by molar-refractivity contribution is 5.23. The van der Waals surface area contributed by atoms with Crippen LogP contribution in [0.25, 0.3) is 0 Å². The van der Waals surface area contributed by atoms with Crippen LogP contribution in [0.15, 0.2) is 24.3 Å². The maximum absolute atomic E-state index is 3.47. The van der Waals surface area contributed by atoms with Gasteiger partial charge >= 0.3 is 0 Å². The Morgan fingerprint density at radius 3 is 2.53 bits per heavy atom. The minimum Gasteiger partial charge on any atom is -0.317 e. The van der Waals surface area contributed by atoms with Gasteiger partial charge in [0.15, 0.2) is 0 Å². The van der Waals surface area contributed by atoms with Crippen molar-refractivity contribution in [3.8, 4) is 0 Å². The predicted octanol–water partition coefficient (Wildman–Crippen LogP) is 3.57. The van der Waals surface area contributed by atoms with Gasteiger partial charge in [-0.1, -0.05) is 37.6 Å². The van der Waals surface area contributed by atoms with Crippen LogP contribution in [-0.4, -0.2) is 13.1 Å². The summed E-state index contributed by atoms with van der Waals surface area (Å²) in [5.41, 5.74) is 3.01. The molecule has 0 saturated heterocycles. The Hall–Kier alpha value is -0.820. The highest BCUT2D eigenvalue weighted by Gasteiger charge is 2.29. The molecule has 1 nitrogen and oxygen atoms in total. The van der Waals surface area contributed by atoms with Crippen molar-refractivity contribution in [2.45, 2.75) is 51.5 Å². The first-order valence-electron chi connectivity index (χ1n) is 7.08. The third-order valence-corrected chi connectivity index (χ3v) is 3.84. The molecule has 1 aliphatic carbocycles. The van der Waals surface area contributed by atoms with Gasteiger partial charge in [-0.15, -0.1) is 0 Å². The van der Waals surface area contributed by atoms with Gasteiger partial charge < -0.3 is 5.32 Å². The Balaban J connectivity index is 1.86. The van der Waals surface area contributed by atoms with Crippen LogP contribution in [0.5, 0.6) is 0 Å². The molecule has 1 saturated carbocycles. The second kappa shape index (κ2) is 6.20. The molecule has 2 rings (SSSR count). The monoisotopic (exact) mass is 231 g/mol. The van der Waals surface area contributed by atoms with Crippen molar-refractivity contribution in [1.82, 2.24) is 5.32 Å². The fourth-order valence-corrected chi connectivity index (χ4v) is 2.67. The Labute approximate surface area is 106 Å². The molecule has 1 aliphatic rings. The molecular formula is C16H25N. The van der Waals surface area contributed by atoms with E-state index in [-0.39, 0.29) is 0 Å². The van der Waals surface area contributed by atoms with E-state index in [2.05, 4.69) is 43.6 Å². The smallest absolute Gasteiger partial charge is 0.00954 e. The molecule has 17 heavy (non-hydrogen) atoms. The van der Waals surface area contributed by atoms with E-state index in [0.29, 0.717) is 0 Å². The summed E-state index contributed by atoms with van der Waals surface area (Å²) in [4.78, 5) is 0. The number of hydrogen-bond donors (Lipinski definition) is 1. The molecule has 1 aromatic rings. The Kier molecular flexibility index (Phi) is 4.61. The van der Waals surface area contributed by atoms with E-state index in [9.17, 15) is 0 Å². The van der Waals surface area contributed by atoms with Crippen molar-refractivity contribution in [2.24, 2.45) is 5.92 Å². The lowest BCUT2D eigenvalue weighted by molar-refractivity contribution is 0.470. The largest absolute Gasteiger partial charge is 0.317 e. The minimum absolute atomic E-state index is 0.741. The zero-order valence-corrected chi connectivity index (χ0v) is 11.2. The number of hydrogen-bond acceptors (Lipinski definition) is 1. The molecule has 0 spiro atoms. The Bertz CT molecular complexity index is 341. The van der Waals surface area contributed by atoms with E-state index in [1.807, 2.05) is 0 Å². The van der Waals surface area contributed by atoms with Gasteiger partial charge in [0.2, 0.25) is 0 Å². The third kappa shape index (κ3) is 3.85. The van der Waals surface area contributed by atoms with E-state index in [1.165, 1.54) is 49.7 Å². The summed E-state index contributed by atoms with van der Waals surface area (Å²) < 4.78 is 0. The molecule has 1 atom stereocenters. The van der Waals surface area contributed by atoms with Crippen LogP contribution < -0.4 is 5.32 Å². The van der Waals surface area contributed by atoms with Crippen LogP contribution in [0.2, 0.25) is 0 Å². The number of rotatable bonds is 7. The van der Waals surface area contributed by atoms with Crippen molar-refractivity contribution < 1.29 is 0 Å². The van der Waals surface area contributed by atoms with Gasteiger partial charge in [-0.3, -0.25) is 0 Å². The van der Waals surface area contributed by atoms with E-state index >= 15 is 0 Å². The van der Waals surface area contributed by atoms with Gasteiger partial charge in [0.05, 0.1) is 0 Å². The summed E-state index contributed by atoms with van der Waals surface area (Å²) in [5, 5.41) is 3.47. The normalized spacial score (nSPS) is 17.1. The van der Waals surface area contributed by atoms with Gasteiger partial charge in [0.1, 0.15) is 0 Å². The lowest BCUT2D eigenvalue weighted by atomic mass is 9.99. The van der Waals surface area contributed by atoms with Gasteiger partial charge in [-0.25, -0.2) is 0 Å². The SMILES string of the molecule is CCCc1cccc(CCC(NC)C2CC2)c1. The van der Waals surface area contributed by atoms with Crippen LogP contribution >= 0.6 is 0 Å². The standard InChI is InChI=1S/C16H25N/c1-3-5-13-6-4-7-14(12-13)8-11-16(17-2)15-9-10-15/h4,6-7,12,15-17H,3,5,8-11H2,1-2H3. The topological polar surface area (TPSA) is 12.0 Å². The molecule has 0 bridgehead atoms. The second-order valence-corrected chi connectivity index (χ2v) is 5.34. The van der Waals surface area contributed by atoms with Crippen molar-refractivity contribution >= 4 is 0 Å². The number of nitrogens with one attached hydrogen (secondary N) is 1. The van der Waals surface area contributed by atoms with Crippen molar-refractivity contribution in [2.75, 3.05) is 7.05 Å². The maximum Gasteiger partial charge on any atom is 0.00954 e. The van der Waals surface area contributed by atoms with E-state index in [0.717, 1.165) is 12.0 Å². The molecule has 0 heterocycles. The quantitative estimate of drug-likeness (QED) is 0.756. The fourth-order valence-electron chi connectivity index (χ4n) is 2.67. The van der Waals surface area contributed by atoms with Crippen molar-refractivity contribution in [1.29, 1.82) is 0 Å². The zero-order chi connectivity index (χ0) is 12.1. The van der Waals surface area contributed by atoms with Gasteiger partial charge in [0.25, 0.3) is 0 Å². The molecular weight excluding hydrogens is 206 g/mol. The first kappa shape index (κ1) is 12.6. The average molecular weight is 231 g/mol. The molecule has 0 radical (unpaired) electrons. The Morgan fingerprint density at radius 1 is 1.24 bits per heavy atom. The lowest BCUT2D eigenvalue weighted by Crippen LogP contribution is -2.27. The van der Waals surface area contributed by atoms with Gasteiger partial charge in [-0.05, 0) is 56.2 Å². The molecule has 0 amide bonds. The van der Waals surface area contributed by atoms with Crippen LogP contribution in [0, 0.1) is 5.92 Å². The molecule has 1 unspecified atom stereocenters. The number of aryl methyl sites for hydroxylation is 2. The van der Waals surface area contributed by atoms with Crippen molar-refractivity contribution in [3.63, 3.8) is 0 Å². The van der Waals surface area contributed by atoms with Crippen LogP contribution in [0.3, 0.4) is 0 Å². The molecule has 0 aliphatic heterocycles. The summed E-state index contributed by atoms with van der Waals surface area (Å²) in [6.07, 6.45) is 7.83. The van der Waals surface area contributed by atoms with Crippen LogP contribution in [-0.2, 0) is 12.8 Å². The van der Waals surface area contributed by atoms with E-state index in [4.69, 9.17) is 0 Å². The summed E-state index contributed by atoms with van der Waals surface area (Å²) in [7, 11) is 2.11. The molecule has 1 heteroatoms. The predicted molar refractivity (Wildman–Crippen MR) is 74.3 cm³/mol. The molecule has 1 fully saturated rings. The second-order valence-electron chi connectivity index (χ2n) is 5.34. The summed E-state index contributed by atoms with van der Waals surface area (Å²) in [6.45, 7) is 2.25. The third-order valence-electron chi connectivity index (χ3n) is 3.84. The van der Waals surface area contributed by atoms with Crippen LogP contribution in [0.1, 0.15) is 43.7 Å². The molecule has 1 N–H and O–H groups in total. The van der Waals surface area contributed by atoms with Gasteiger partial charge in [-0.2, -0.15) is 0 Å². The zero-order valence-electron chi connectivity index (χ0n) is 11.2. The highest BCUT2D eigenvalue weighted by atomic mass is 14.9. The van der Waals surface area contributed by atoms with Crippen LogP contribution in [0.4, 0.5) is 0 Å². The maximum atomic E-state index is 3.47. The van der Waals surface area contributed by atoms with E-state index in [1.54, 1.807) is 0 Å². The molecule has 94 valence electrons. The molecule has 0 aromatic heterocycles. The first-order valence-corrected chi connectivity index (χ1v) is 7.08. The molecule has 1 aromatic carbocycles. The summed E-state index contributed by atoms with van der Waals surface area (Å²) in [6, 6.07) is 9.88. The number of benzene rings is 1. The average Bonchev–Trinajstić information content (AvgIpc) is 3.15. The van der Waals surface area contributed by atoms with E-state index < -0.39 is 0 Å². The lowest BCUT2D eigenvalue weighted by Gasteiger charge is -2.15. The Morgan fingerprint density at radius 2 is 1.94 bits per heavy atom. The van der Waals surface area contributed by atoms with Crippen molar-refractivity contribution in [3.05, 3.63) is 35.4 Å². The summed E-state index contributed by atoms with van der Waals surface area (Å²) >= 11 is 0. The summed E-state index contributed by atoms with van der Waals surface area (Å²) in [5.74, 6) is 0.957. The minimum atomic E-state index is 0.741. The van der Waals surface area contributed by atoms with Gasteiger partial charge in [0, 0.05) is 6.04 Å². The first-order chi connectivity index (χ1) is 8.33.